The van der Waals surface area contributed by atoms with Crippen LogP contribution in [0.25, 0.3) is 0 Å². The Labute approximate surface area is 329 Å². The highest BCUT2D eigenvalue weighted by molar-refractivity contribution is 5.91. The molecule has 2 bridgehead atoms. The number of Topliss-reactive ketones (excluding diaryl/α,β-unsaturated/α-hetero) is 2. The van der Waals surface area contributed by atoms with E-state index in [-0.39, 0.29) is 30.0 Å². The Morgan fingerprint density at radius 1 is 0.836 bits per heavy atom. The molecule has 5 N–H and O–H groups in total. The fraction of sp³-hybridized carbons (Fsp3) is 0.795. The first-order valence-electron chi connectivity index (χ1n) is 20.8. The molecule has 0 saturated carbocycles. The summed E-state index contributed by atoms with van der Waals surface area (Å²) in [5, 5.41) is 54.9. The van der Waals surface area contributed by atoms with Gasteiger partial charge in [-0.3, -0.25) is 9.59 Å². The summed E-state index contributed by atoms with van der Waals surface area (Å²) in [4.78, 5) is 40.3. The Kier molecular flexibility index (Phi) is 17.5. The third kappa shape index (κ3) is 12.1. The lowest BCUT2D eigenvalue weighted by molar-refractivity contribution is -0.347. The van der Waals surface area contributed by atoms with Crippen molar-refractivity contribution in [3.05, 3.63) is 36.5 Å². The van der Waals surface area contributed by atoms with Crippen molar-refractivity contribution in [3.63, 3.8) is 0 Å². The van der Waals surface area contributed by atoms with Crippen molar-refractivity contribution in [1.82, 2.24) is 0 Å². The molecule has 2 unspecified atom stereocenters. The number of allylic oxidation sites excluding steroid dienone is 4. The van der Waals surface area contributed by atoms with Crippen molar-refractivity contribution in [3.8, 4) is 0 Å². The maximum atomic E-state index is 13.5. The van der Waals surface area contributed by atoms with E-state index in [2.05, 4.69) is 19.9 Å². The monoisotopic (exact) mass is 777 g/mol. The number of aliphatic hydroxyl groups excluding tert-OH is 4. The fourth-order valence-electron chi connectivity index (χ4n) is 8.60. The van der Waals surface area contributed by atoms with Gasteiger partial charge in [0.15, 0.2) is 11.6 Å². The van der Waals surface area contributed by atoms with Crippen molar-refractivity contribution >= 4 is 17.5 Å². The van der Waals surface area contributed by atoms with E-state index in [0.717, 1.165) is 19.3 Å². The van der Waals surface area contributed by atoms with E-state index in [1.165, 1.54) is 39.8 Å². The van der Waals surface area contributed by atoms with Crippen LogP contribution in [0.4, 0.5) is 0 Å². The average molecular weight is 777 g/mol. The van der Waals surface area contributed by atoms with Gasteiger partial charge in [0.2, 0.25) is 0 Å². The van der Waals surface area contributed by atoms with Crippen LogP contribution < -0.4 is 0 Å². The summed E-state index contributed by atoms with van der Waals surface area (Å²) in [7, 11) is 0. The quantitative estimate of drug-likeness (QED) is 0.224. The Bertz CT molecular complexity index is 1350. The van der Waals surface area contributed by atoms with Gasteiger partial charge in [-0.2, -0.15) is 0 Å². The van der Waals surface area contributed by atoms with E-state index in [9.17, 15) is 39.9 Å². The number of aliphatic hydroxyl groups is 5. The number of fused-ring (bicyclic) bond motifs is 2. The van der Waals surface area contributed by atoms with Crippen LogP contribution in [0.3, 0.4) is 0 Å². The Morgan fingerprint density at radius 3 is 2.13 bits per heavy atom. The molecule has 3 aliphatic rings. The third-order valence-electron chi connectivity index (χ3n) is 12.9. The van der Waals surface area contributed by atoms with Gasteiger partial charge in [-0.25, -0.2) is 4.79 Å². The first-order valence-corrected chi connectivity index (χ1v) is 20.8. The lowest BCUT2D eigenvalue weighted by Gasteiger charge is -2.52. The number of carbonyl (C=O) groups is 3. The van der Waals surface area contributed by atoms with Crippen molar-refractivity contribution in [1.29, 1.82) is 0 Å². The van der Waals surface area contributed by atoms with Gasteiger partial charge in [0.1, 0.15) is 17.5 Å². The molecule has 17 atom stereocenters. The molecule has 0 aromatic carbocycles. The highest BCUT2D eigenvalue weighted by atomic mass is 16.7. The fourth-order valence-corrected chi connectivity index (χ4v) is 8.60. The molecular formula is C44H72O11. The topological polar surface area (TPSA) is 180 Å². The number of esters is 1. The second-order valence-electron chi connectivity index (χ2n) is 17.6. The zero-order valence-corrected chi connectivity index (χ0v) is 35.0. The van der Waals surface area contributed by atoms with E-state index in [1.54, 1.807) is 20.8 Å². The van der Waals surface area contributed by atoms with E-state index >= 15 is 0 Å². The molecule has 3 heterocycles. The van der Waals surface area contributed by atoms with Gasteiger partial charge in [0, 0.05) is 48.5 Å². The standard InChI is InChI=1S/C44H72O11/c1-11-33-16-14-12-13-15-27(4)41(50)43(10,52)42(51)32(9)40(49)31(8)39(48)30(7)38(47)26(3)17-20-37(46)53-36-24-44(54-34(19-18-33)29(36)6)22-21-25(2)35(55-44)23-28(5)45/h12-14,16-17,20,25-36,38,40-41,45,47,49-50,52H,11,15,18-19,21-24H2,1-10H3/b13-12+,16-14+,20-17+/t25-,26-,27+,28+,29+,30-,31-,32-,33-,34-,35-,36-,38+,40?,41?,43+,44-/m1/s1. The van der Waals surface area contributed by atoms with Crippen LogP contribution in [0, 0.1) is 47.3 Å². The maximum absolute atomic E-state index is 13.5. The molecule has 55 heavy (non-hydrogen) atoms. The third-order valence-corrected chi connectivity index (χ3v) is 12.9. The molecule has 0 aromatic heterocycles. The van der Waals surface area contributed by atoms with Crippen LogP contribution >= 0.6 is 0 Å². The van der Waals surface area contributed by atoms with E-state index < -0.39 is 89.0 Å². The zero-order chi connectivity index (χ0) is 41.4. The number of hydrogen-bond donors (Lipinski definition) is 5. The molecular weight excluding hydrogens is 704 g/mol. The summed E-state index contributed by atoms with van der Waals surface area (Å²) in [5.41, 5.74) is -2.18. The molecule has 0 radical (unpaired) electrons. The smallest absolute Gasteiger partial charge is 0.330 e. The number of ketones is 2. The Morgan fingerprint density at radius 2 is 1.49 bits per heavy atom. The van der Waals surface area contributed by atoms with Gasteiger partial charge in [-0.1, -0.05) is 85.8 Å². The average Bonchev–Trinajstić information content (AvgIpc) is 3.14. The van der Waals surface area contributed by atoms with Crippen LogP contribution in [-0.2, 0) is 28.6 Å². The first-order chi connectivity index (χ1) is 25.6. The molecule has 0 aliphatic carbocycles. The van der Waals surface area contributed by atoms with Crippen molar-refractivity contribution < 1.29 is 54.1 Å². The summed E-state index contributed by atoms with van der Waals surface area (Å²) in [6.45, 7) is 17.1. The molecule has 11 nitrogen and oxygen atoms in total. The van der Waals surface area contributed by atoms with Crippen LogP contribution in [0.15, 0.2) is 36.5 Å². The molecule has 0 amide bonds. The summed E-state index contributed by atoms with van der Waals surface area (Å²) in [6, 6.07) is 0. The molecule has 1 spiro atoms. The molecule has 0 aromatic rings. The molecule has 2 saturated heterocycles. The predicted molar refractivity (Wildman–Crippen MR) is 210 cm³/mol. The second-order valence-corrected chi connectivity index (χ2v) is 17.6. The minimum atomic E-state index is -2.18. The summed E-state index contributed by atoms with van der Waals surface area (Å²) in [5.74, 6) is -6.86. The minimum Gasteiger partial charge on any atom is -0.459 e. The summed E-state index contributed by atoms with van der Waals surface area (Å²) >= 11 is 0. The number of ether oxygens (including phenoxy) is 3. The summed E-state index contributed by atoms with van der Waals surface area (Å²) in [6.07, 6.45) is 10.1. The van der Waals surface area contributed by atoms with Gasteiger partial charge in [-0.05, 0) is 70.1 Å². The van der Waals surface area contributed by atoms with Crippen LogP contribution in [0.2, 0.25) is 0 Å². The molecule has 11 heteroatoms. The number of hydrogen-bond acceptors (Lipinski definition) is 11. The molecule has 3 aliphatic heterocycles. The van der Waals surface area contributed by atoms with E-state index in [0.29, 0.717) is 32.1 Å². The largest absolute Gasteiger partial charge is 0.459 e. The minimum absolute atomic E-state index is 0.144. The zero-order valence-electron chi connectivity index (χ0n) is 35.0. The van der Waals surface area contributed by atoms with E-state index in [1.807, 2.05) is 25.2 Å². The first kappa shape index (κ1) is 47.1. The second kappa shape index (κ2) is 20.4. The summed E-state index contributed by atoms with van der Waals surface area (Å²) < 4.78 is 19.7. The van der Waals surface area contributed by atoms with Crippen LogP contribution in [-0.4, -0.2) is 97.2 Å². The van der Waals surface area contributed by atoms with Gasteiger partial charge in [0.25, 0.3) is 0 Å². The Balaban J connectivity index is 1.95. The normalized spacial score (nSPS) is 46.1. The SMILES string of the molecule is CC[C@@H]1/C=C/C=C/C[C@H](C)C(O)[C@](C)(O)C(=O)[C@H](C)C(O)[C@H](C)C(=O)[C@H](C)[C@@H](O)[C@H](C)/C=C/C(=O)O[C@@H]2C[C@]3(CC[C@@H](C)[C@@H](C[C@H](C)O)O3)O[C@H](CC1)[C@@H]2C. The van der Waals surface area contributed by atoms with E-state index in [4.69, 9.17) is 14.2 Å². The highest BCUT2D eigenvalue weighted by Gasteiger charge is 2.51. The lowest BCUT2D eigenvalue weighted by atomic mass is 9.75. The van der Waals surface area contributed by atoms with Crippen molar-refractivity contribution in [2.24, 2.45) is 47.3 Å². The predicted octanol–water partition coefficient (Wildman–Crippen LogP) is 5.64. The Hall–Kier alpha value is -2.25. The maximum Gasteiger partial charge on any atom is 0.330 e. The van der Waals surface area contributed by atoms with Gasteiger partial charge >= 0.3 is 5.97 Å². The van der Waals surface area contributed by atoms with Crippen molar-refractivity contribution in [2.75, 3.05) is 0 Å². The van der Waals surface area contributed by atoms with Crippen molar-refractivity contribution in [2.45, 2.75) is 175 Å². The highest BCUT2D eigenvalue weighted by Crippen LogP contribution is 2.46. The van der Waals surface area contributed by atoms with Gasteiger partial charge < -0.3 is 39.7 Å². The number of rotatable bonds is 3. The molecule has 314 valence electrons. The van der Waals surface area contributed by atoms with Crippen LogP contribution in [0.1, 0.15) is 121 Å². The lowest BCUT2D eigenvalue weighted by Crippen LogP contribution is -2.57. The number of carbonyl (C=O) groups excluding carboxylic acids is 3. The van der Waals surface area contributed by atoms with Gasteiger partial charge in [-0.15, -0.1) is 0 Å². The molecule has 2 fully saturated rings. The molecule has 3 rings (SSSR count). The van der Waals surface area contributed by atoms with Gasteiger partial charge in [0.05, 0.1) is 36.6 Å². The van der Waals surface area contributed by atoms with Crippen LogP contribution in [0.5, 0.6) is 0 Å².